The molecule has 17 heavy (non-hydrogen) atoms. The van der Waals surface area contributed by atoms with Gasteiger partial charge in [-0.25, -0.2) is 0 Å². The van der Waals surface area contributed by atoms with Crippen molar-refractivity contribution in [3.05, 3.63) is 0 Å². The molecule has 0 bridgehead atoms. The van der Waals surface area contributed by atoms with Crippen molar-refractivity contribution in [3.8, 4) is 6.01 Å². The van der Waals surface area contributed by atoms with Crippen LogP contribution in [0.2, 0.25) is 0 Å². The van der Waals surface area contributed by atoms with E-state index in [1.54, 1.807) is 7.11 Å². The van der Waals surface area contributed by atoms with E-state index in [9.17, 15) is 0 Å². The Balaban J connectivity index is 2.60. The number of methoxy groups -OCH3 is 1. The third-order valence-corrected chi connectivity index (χ3v) is 2.52. The normalized spacial score (nSPS) is 10.9. The third kappa shape index (κ3) is 1.95. The maximum atomic E-state index is 5.76. The molecule has 0 atom stereocenters. The fourth-order valence-electron chi connectivity index (χ4n) is 1.69. The van der Waals surface area contributed by atoms with E-state index in [1.165, 1.54) is 0 Å². The summed E-state index contributed by atoms with van der Waals surface area (Å²) in [6, 6.07) is 0.486. The summed E-state index contributed by atoms with van der Waals surface area (Å²) < 4.78 is 7.08. The molecule has 7 nitrogen and oxygen atoms in total. The summed E-state index contributed by atoms with van der Waals surface area (Å²) >= 11 is 0. The van der Waals surface area contributed by atoms with Crippen molar-refractivity contribution in [2.24, 2.45) is 0 Å². The van der Waals surface area contributed by atoms with Crippen LogP contribution in [0.5, 0.6) is 6.01 Å². The summed E-state index contributed by atoms with van der Waals surface area (Å²) in [5.41, 5.74) is 12.5. The van der Waals surface area contributed by atoms with E-state index in [1.807, 2.05) is 4.57 Å². The Morgan fingerprint density at radius 1 is 1.24 bits per heavy atom. The monoisotopic (exact) mass is 236 g/mol. The van der Waals surface area contributed by atoms with Gasteiger partial charge in [-0.2, -0.15) is 15.0 Å². The van der Waals surface area contributed by atoms with Crippen molar-refractivity contribution in [1.29, 1.82) is 0 Å². The Kier molecular flexibility index (Phi) is 2.99. The molecule has 0 aromatic carbocycles. The highest BCUT2D eigenvalue weighted by Gasteiger charge is 2.15. The van der Waals surface area contributed by atoms with E-state index in [2.05, 4.69) is 21.9 Å². The number of imidazole rings is 1. The van der Waals surface area contributed by atoms with Gasteiger partial charge in [-0.05, 0) is 6.42 Å². The molecule has 0 amide bonds. The molecular formula is C10H16N6O. The van der Waals surface area contributed by atoms with Gasteiger partial charge < -0.3 is 16.2 Å². The first-order chi connectivity index (χ1) is 8.17. The minimum atomic E-state index is 0.148. The third-order valence-electron chi connectivity index (χ3n) is 2.52. The Morgan fingerprint density at radius 2 is 2.00 bits per heavy atom. The van der Waals surface area contributed by atoms with Gasteiger partial charge in [-0.15, -0.1) is 0 Å². The number of anilines is 2. The number of nitrogens with zero attached hydrogens (tertiary/aromatic N) is 4. The largest absolute Gasteiger partial charge is 0.468 e. The SMILES string of the molecule is CCCCn1c(OC)nc2c(N)nc(N)nc21. The summed E-state index contributed by atoms with van der Waals surface area (Å²) in [5.74, 6) is 0.427. The van der Waals surface area contributed by atoms with Crippen LogP contribution in [-0.4, -0.2) is 26.6 Å². The fourth-order valence-corrected chi connectivity index (χ4v) is 1.69. The number of hydrogen-bond acceptors (Lipinski definition) is 6. The smallest absolute Gasteiger partial charge is 0.298 e. The highest BCUT2D eigenvalue weighted by molar-refractivity contribution is 5.83. The Bertz CT molecular complexity index is 535. The second kappa shape index (κ2) is 4.44. The first-order valence-corrected chi connectivity index (χ1v) is 5.50. The molecular weight excluding hydrogens is 220 g/mol. The average molecular weight is 236 g/mol. The van der Waals surface area contributed by atoms with Gasteiger partial charge in [0.15, 0.2) is 17.0 Å². The molecule has 7 heteroatoms. The van der Waals surface area contributed by atoms with E-state index in [0.29, 0.717) is 17.2 Å². The van der Waals surface area contributed by atoms with Crippen molar-refractivity contribution in [3.63, 3.8) is 0 Å². The number of nitrogens with two attached hydrogens (primary N) is 2. The highest BCUT2D eigenvalue weighted by atomic mass is 16.5. The fraction of sp³-hybridized carbons (Fsp3) is 0.500. The molecule has 2 rings (SSSR count). The van der Waals surface area contributed by atoms with Crippen LogP contribution in [0.1, 0.15) is 19.8 Å². The number of unbranched alkanes of at least 4 members (excludes halogenated alkanes) is 1. The number of aryl methyl sites for hydroxylation is 1. The number of fused-ring (bicyclic) bond motifs is 1. The number of aromatic nitrogens is 4. The molecule has 0 aliphatic rings. The minimum absolute atomic E-state index is 0.148. The molecule has 0 fully saturated rings. The predicted octanol–water partition coefficient (Wildman–Crippen LogP) is 0.799. The molecule has 0 saturated carbocycles. The summed E-state index contributed by atoms with van der Waals surface area (Å²) in [7, 11) is 1.57. The minimum Gasteiger partial charge on any atom is -0.468 e. The number of hydrogen-bond donors (Lipinski definition) is 2. The van der Waals surface area contributed by atoms with Crippen LogP contribution in [0.3, 0.4) is 0 Å². The summed E-state index contributed by atoms with van der Waals surface area (Å²) in [6.45, 7) is 2.88. The first kappa shape index (κ1) is 11.4. The standard InChI is InChI=1S/C10H16N6O/c1-3-4-5-16-8-6(13-10(16)17-2)7(11)14-9(12)15-8/h3-5H2,1-2H3,(H4,11,12,14,15). The molecule has 0 spiro atoms. The Labute approximate surface area is 98.8 Å². The molecule has 4 N–H and O–H groups in total. The van der Waals surface area contributed by atoms with E-state index in [-0.39, 0.29) is 11.8 Å². The Hall–Kier alpha value is -2.05. The van der Waals surface area contributed by atoms with Crippen molar-refractivity contribution < 1.29 is 4.74 Å². The molecule has 2 aromatic heterocycles. The predicted molar refractivity (Wildman–Crippen MR) is 65.6 cm³/mol. The van der Waals surface area contributed by atoms with Crippen molar-refractivity contribution in [2.45, 2.75) is 26.3 Å². The van der Waals surface area contributed by atoms with Crippen molar-refractivity contribution >= 4 is 22.9 Å². The van der Waals surface area contributed by atoms with Gasteiger partial charge in [0.1, 0.15) is 0 Å². The summed E-state index contributed by atoms with van der Waals surface area (Å²) in [5, 5.41) is 0. The zero-order chi connectivity index (χ0) is 12.4. The maximum absolute atomic E-state index is 5.76. The Morgan fingerprint density at radius 3 is 2.65 bits per heavy atom. The van der Waals surface area contributed by atoms with E-state index >= 15 is 0 Å². The molecule has 92 valence electrons. The van der Waals surface area contributed by atoms with E-state index in [4.69, 9.17) is 16.2 Å². The maximum Gasteiger partial charge on any atom is 0.298 e. The lowest BCUT2D eigenvalue weighted by atomic mass is 10.3. The van der Waals surface area contributed by atoms with E-state index in [0.717, 1.165) is 19.4 Å². The first-order valence-electron chi connectivity index (χ1n) is 5.50. The molecule has 0 aliphatic heterocycles. The molecule has 2 aromatic rings. The number of ether oxygens (including phenoxy) is 1. The summed E-state index contributed by atoms with van der Waals surface area (Å²) in [6.07, 6.45) is 2.07. The zero-order valence-electron chi connectivity index (χ0n) is 9.97. The van der Waals surface area contributed by atoms with Gasteiger partial charge in [0.2, 0.25) is 5.95 Å². The number of rotatable bonds is 4. The van der Waals surface area contributed by atoms with Gasteiger partial charge >= 0.3 is 0 Å². The quantitative estimate of drug-likeness (QED) is 0.813. The van der Waals surface area contributed by atoms with Gasteiger partial charge in [-0.3, -0.25) is 4.57 Å². The van der Waals surface area contributed by atoms with Gasteiger partial charge in [0, 0.05) is 6.54 Å². The van der Waals surface area contributed by atoms with E-state index < -0.39 is 0 Å². The van der Waals surface area contributed by atoms with Gasteiger partial charge in [0.05, 0.1) is 7.11 Å². The highest BCUT2D eigenvalue weighted by Crippen LogP contribution is 2.24. The molecule has 0 radical (unpaired) electrons. The average Bonchev–Trinajstić information content (AvgIpc) is 2.64. The van der Waals surface area contributed by atoms with Crippen LogP contribution < -0.4 is 16.2 Å². The van der Waals surface area contributed by atoms with Gasteiger partial charge in [-0.1, -0.05) is 13.3 Å². The van der Waals surface area contributed by atoms with Crippen LogP contribution in [0.4, 0.5) is 11.8 Å². The lowest BCUT2D eigenvalue weighted by molar-refractivity contribution is 0.357. The molecule has 0 saturated heterocycles. The molecule has 2 heterocycles. The topological polar surface area (TPSA) is 105 Å². The number of nitrogen functional groups attached to an aromatic ring is 2. The van der Waals surface area contributed by atoms with Crippen molar-refractivity contribution in [2.75, 3.05) is 18.6 Å². The second-order valence-corrected chi connectivity index (χ2v) is 3.74. The zero-order valence-corrected chi connectivity index (χ0v) is 9.97. The summed E-state index contributed by atoms with van der Waals surface area (Å²) in [4.78, 5) is 12.3. The lowest BCUT2D eigenvalue weighted by Crippen LogP contribution is -2.05. The molecule has 0 unspecified atom stereocenters. The van der Waals surface area contributed by atoms with Crippen LogP contribution in [0, 0.1) is 0 Å². The van der Waals surface area contributed by atoms with Crippen LogP contribution >= 0.6 is 0 Å². The molecule has 0 aliphatic carbocycles. The van der Waals surface area contributed by atoms with Crippen molar-refractivity contribution in [1.82, 2.24) is 19.5 Å². The van der Waals surface area contributed by atoms with Gasteiger partial charge in [0.25, 0.3) is 6.01 Å². The van der Waals surface area contributed by atoms with Crippen LogP contribution in [0.15, 0.2) is 0 Å². The van der Waals surface area contributed by atoms with Crippen LogP contribution in [-0.2, 0) is 6.54 Å². The second-order valence-electron chi connectivity index (χ2n) is 3.74. The van der Waals surface area contributed by atoms with Crippen LogP contribution in [0.25, 0.3) is 11.2 Å². The lowest BCUT2D eigenvalue weighted by Gasteiger charge is -2.05.